The van der Waals surface area contributed by atoms with Gasteiger partial charge in [-0.2, -0.15) is 0 Å². The number of hydrogen-bond acceptors (Lipinski definition) is 5. The summed E-state index contributed by atoms with van der Waals surface area (Å²) >= 11 is 0. The van der Waals surface area contributed by atoms with Crippen LogP contribution in [-0.2, 0) is 14.8 Å². The van der Waals surface area contributed by atoms with Crippen LogP contribution in [0.3, 0.4) is 0 Å². The minimum Gasteiger partial charge on any atom is -0.492 e. The van der Waals surface area contributed by atoms with Gasteiger partial charge in [-0.05, 0) is 56.2 Å². The molecule has 8 heteroatoms. The second kappa shape index (κ2) is 10.2. The van der Waals surface area contributed by atoms with E-state index in [-0.39, 0.29) is 10.8 Å². The van der Waals surface area contributed by atoms with Gasteiger partial charge in [0.2, 0.25) is 0 Å². The highest BCUT2D eigenvalue weighted by molar-refractivity contribution is 7.92. The van der Waals surface area contributed by atoms with Crippen LogP contribution < -0.4 is 19.5 Å². The minimum absolute atomic E-state index is 0.0769. The molecule has 0 fully saturated rings. The average Bonchev–Trinajstić information content (AvgIpc) is 2.68. The highest BCUT2D eigenvalue weighted by Crippen LogP contribution is 2.27. The molecule has 0 unspecified atom stereocenters. The average molecular weight is 421 g/mol. The second-order valence-electron chi connectivity index (χ2n) is 6.91. The van der Waals surface area contributed by atoms with E-state index >= 15 is 0 Å². The Kier molecular flexibility index (Phi) is 7.90. The Labute approximate surface area is 172 Å². The Morgan fingerprint density at radius 1 is 1.03 bits per heavy atom. The fraction of sp³-hybridized carbons (Fsp3) is 0.381. The normalized spacial score (nSPS) is 12.3. The molecule has 0 aliphatic rings. The van der Waals surface area contributed by atoms with Gasteiger partial charge in [0.05, 0.1) is 17.2 Å². The van der Waals surface area contributed by atoms with Crippen molar-refractivity contribution in [3.8, 4) is 11.5 Å². The molecule has 2 N–H and O–H groups in total. The van der Waals surface area contributed by atoms with Crippen molar-refractivity contribution in [2.45, 2.75) is 38.7 Å². The van der Waals surface area contributed by atoms with E-state index in [0.717, 1.165) is 0 Å². The number of para-hydroxylation sites is 2. The predicted molar refractivity (Wildman–Crippen MR) is 113 cm³/mol. The SMILES string of the molecule is CCOc1ccccc1NS(=O)(=O)c1ccc(O[C@H](C)C(=O)NCC(C)C)cc1. The van der Waals surface area contributed by atoms with Gasteiger partial charge in [-0.15, -0.1) is 0 Å². The number of rotatable bonds is 10. The standard InChI is InChI=1S/C21H28N2O5S/c1-5-27-20-9-7-6-8-19(20)23-29(25,26)18-12-10-17(11-13-18)28-16(4)21(24)22-14-15(2)3/h6-13,15-16,23H,5,14H2,1-4H3,(H,22,24)/t16-/m1/s1. The topological polar surface area (TPSA) is 93.7 Å². The van der Waals surface area contributed by atoms with Crippen LogP contribution in [0.15, 0.2) is 53.4 Å². The van der Waals surface area contributed by atoms with E-state index in [4.69, 9.17) is 9.47 Å². The third-order valence-electron chi connectivity index (χ3n) is 3.93. The van der Waals surface area contributed by atoms with Crippen molar-refractivity contribution >= 4 is 21.6 Å². The smallest absolute Gasteiger partial charge is 0.262 e. The first-order chi connectivity index (χ1) is 13.7. The molecule has 0 heterocycles. The summed E-state index contributed by atoms with van der Waals surface area (Å²) < 4.78 is 38.9. The van der Waals surface area contributed by atoms with Gasteiger partial charge < -0.3 is 14.8 Å². The van der Waals surface area contributed by atoms with Crippen molar-refractivity contribution in [1.29, 1.82) is 0 Å². The third-order valence-corrected chi connectivity index (χ3v) is 5.31. The minimum atomic E-state index is -3.80. The zero-order valence-corrected chi connectivity index (χ0v) is 18.0. The van der Waals surface area contributed by atoms with E-state index in [0.29, 0.717) is 36.3 Å². The predicted octanol–water partition coefficient (Wildman–Crippen LogP) is 3.43. The van der Waals surface area contributed by atoms with Gasteiger partial charge in [0.25, 0.3) is 15.9 Å². The van der Waals surface area contributed by atoms with Gasteiger partial charge in [-0.3, -0.25) is 9.52 Å². The molecule has 158 valence electrons. The van der Waals surface area contributed by atoms with Crippen LogP contribution >= 0.6 is 0 Å². The van der Waals surface area contributed by atoms with Crippen LogP contribution in [0.5, 0.6) is 11.5 Å². The van der Waals surface area contributed by atoms with Crippen molar-refractivity contribution in [2.75, 3.05) is 17.9 Å². The van der Waals surface area contributed by atoms with Gasteiger partial charge in [0, 0.05) is 6.54 Å². The molecule has 29 heavy (non-hydrogen) atoms. The molecule has 1 atom stereocenters. The molecular weight excluding hydrogens is 392 g/mol. The molecule has 0 saturated heterocycles. The molecule has 2 rings (SSSR count). The highest BCUT2D eigenvalue weighted by Gasteiger charge is 2.18. The Hall–Kier alpha value is -2.74. The van der Waals surface area contributed by atoms with Gasteiger partial charge in [0.1, 0.15) is 11.5 Å². The third kappa shape index (κ3) is 6.67. The highest BCUT2D eigenvalue weighted by atomic mass is 32.2. The lowest BCUT2D eigenvalue weighted by Crippen LogP contribution is -2.38. The molecule has 2 aromatic carbocycles. The maximum absolute atomic E-state index is 12.7. The fourth-order valence-electron chi connectivity index (χ4n) is 2.44. The van der Waals surface area contributed by atoms with Gasteiger partial charge >= 0.3 is 0 Å². The number of hydrogen-bond donors (Lipinski definition) is 2. The van der Waals surface area contributed by atoms with Crippen LogP contribution in [0.2, 0.25) is 0 Å². The maximum Gasteiger partial charge on any atom is 0.262 e. The lowest BCUT2D eigenvalue weighted by atomic mass is 10.2. The summed E-state index contributed by atoms with van der Waals surface area (Å²) in [7, 11) is -3.80. The molecule has 0 aliphatic heterocycles. The summed E-state index contributed by atoms with van der Waals surface area (Å²) in [5, 5.41) is 2.80. The first kappa shape index (κ1) is 22.5. The molecule has 0 spiro atoms. The Bertz CT molecular complexity index is 911. The number of carbonyl (C=O) groups excluding carboxylic acids is 1. The van der Waals surface area contributed by atoms with Crippen molar-refractivity contribution < 1.29 is 22.7 Å². The number of anilines is 1. The number of benzene rings is 2. The summed E-state index contributed by atoms with van der Waals surface area (Å²) in [5.74, 6) is 0.992. The monoisotopic (exact) mass is 420 g/mol. The number of ether oxygens (including phenoxy) is 2. The molecular formula is C21H28N2O5S. The summed E-state index contributed by atoms with van der Waals surface area (Å²) in [6.45, 7) is 8.48. The molecule has 0 aromatic heterocycles. The Morgan fingerprint density at radius 3 is 2.31 bits per heavy atom. The zero-order valence-electron chi connectivity index (χ0n) is 17.1. The van der Waals surface area contributed by atoms with Crippen molar-refractivity contribution in [2.24, 2.45) is 5.92 Å². The summed E-state index contributed by atoms with van der Waals surface area (Å²) in [5.41, 5.74) is 0.366. The number of sulfonamides is 1. The van der Waals surface area contributed by atoms with Gasteiger partial charge in [-0.25, -0.2) is 8.42 Å². The zero-order chi connectivity index (χ0) is 21.4. The lowest BCUT2D eigenvalue weighted by Gasteiger charge is -2.16. The summed E-state index contributed by atoms with van der Waals surface area (Å²) in [4.78, 5) is 12.1. The van der Waals surface area contributed by atoms with Crippen molar-refractivity contribution in [1.82, 2.24) is 5.32 Å². The Balaban J connectivity index is 2.06. The number of amides is 1. The fourth-order valence-corrected chi connectivity index (χ4v) is 3.51. The quantitative estimate of drug-likeness (QED) is 0.614. The molecule has 0 saturated carbocycles. The van der Waals surface area contributed by atoms with Crippen molar-refractivity contribution in [3.05, 3.63) is 48.5 Å². The largest absolute Gasteiger partial charge is 0.492 e. The first-order valence-electron chi connectivity index (χ1n) is 9.52. The van der Waals surface area contributed by atoms with Crippen LogP contribution in [0.4, 0.5) is 5.69 Å². The molecule has 1 amide bonds. The van der Waals surface area contributed by atoms with Crippen molar-refractivity contribution in [3.63, 3.8) is 0 Å². The van der Waals surface area contributed by atoms with Gasteiger partial charge in [0.15, 0.2) is 6.10 Å². The van der Waals surface area contributed by atoms with E-state index < -0.39 is 16.1 Å². The summed E-state index contributed by atoms with van der Waals surface area (Å²) in [6, 6.07) is 12.7. The number of carbonyl (C=O) groups is 1. The van der Waals surface area contributed by atoms with Crippen LogP contribution in [0.1, 0.15) is 27.7 Å². The maximum atomic E-state index is 12.7. The van der Waals surface area contributed by atoms with E-state index in [1.807, 2.05) is 20.8 Å². The lowest BCUT2D eigenvalue weighted by molar-refractivity contribution is -0.127. The van der Waals surface area contributed by atoms with E-state index in [9.17, 15) is 13.2 Å². The van der Waals surface area contributed by atoms with Crippen LogP contribution in [0.25, 0.3) is 0 Å². The van der Waals surface area contributed by atoms with E-state index in [1.165, 1.54) is 24.3 Å². The van der Waals surface area contributed by atoms with Crippen LogP contribution in [0, 0.1) is 5.92 Å². The molecule has 0 aliphatic carbocycles. The first-order valence-corrected chi connectivity index (χ1v) is 11.0. The Morgan fingerprint density at radius 2 is 1.69 bits per heavy atom. The van der Waals surface area contributed by atoms with E-state index in [1.54, 1.807) is 31.2 Å². The molecule has 0 bridgehead atoms. The number of nitrogens with one attached hydrogen (secondary N) is 2. The molecule has 0 radical (unpaired) electrons. The molecule has 2 aromatic rings. The summed E-state index contributed by atoms with van der Waals surface area (Å²) in [6.07, 6.45) is -0.688. The van der Waals surface area contributed by atoms with Crippen LogP contribution in [-0.4, -0.2) is 33.6 Å². The van der Waals surface area contributed by atoms with E-state index in [2.05, 4.69) is 10.0 Å². The second-order valence-corrected chi connectivity index (χ2v) is 8.59. The molecule has 7 nitrogen and oxygen atoms in total. The van der Waals surface area contributed by atoms with Gasteiger partial charge in [-0.1, -0.05) is 26.0 Å².